The van der Waals surface area contributed by atoms with E-state index in [1.807, 2.05) is 6.92 Å². The minimum Gasteiger partial charge on any atom is -0.380 e. The molecule has 1 rings (SSSR count). The Kier molecular flexibility index (Phi) is 7.21. The molecule has 0 aliphatic heterocycles. The van der Waals surface area contributed by atoms with Crippen molar-refractivity contribution in [2.45, 2.75) is 39.5 Å². The second-order valence-electron chi connectivity index (χ2n) is 4.84. The van der Waals surface area contributed by atoms with Crippen molar-refractivity contribution in [2.75, 3.05) is 18.4 Å². The van der Waals surface area contributed by atoms with E-state index >= 15 is 0 Å². The summed E-state index contributed by atoms with van der Waals surface area (Å²) in [5.74, 6) is -0.194. The molecular formula is C15H23N3O3. The molecule has 6 nitrogen and oxygen atoms in total. The molecule has 6 heteroatoms. The molecule has 0 unspecified atom stereocenters. The zero-order chi connectivity index (χ0) is 15.7. The maximum atomic E-state index is 12.0. The Morgan fingerprint density at radius 2 is 2.00 bits per heavy atom. The number of nitrogens with one attached hydrogen (secondary N) is 2. The highest BCUT2D eigenvalue weighted by Gasteiger charge is 2.16. The van der Waals surface area contributed by atoms with Crippen LogP contribution in [0.15, 0.2) is 18.2 Å². The minimum absolute atomic E-state index is 0.0173. The van der Waals surface area contributed by atoms with Crippen molar-refractivity contribution in [3.63, 3.8) is 0 Å². The number of benzene rings is 1. The largest absolute Gasteiger partial charge is 0.380 e. The summed E-state index contributed by atoms with van der Waals surface area (Å²) in [6.45, 7) is 5.18. The van der Waals surface area contributed by atoms with Crippen LogP contribution in [-0.4, -0.2) is 23.9 Å². The van der Waals surface area contributed by atoms with Gasteiger partial charge in [0, 0.05) is 24.7 Å². The van der Waals surface area contributed by atoms with E-state index in [1.54, 1.807) is 0 Å². The number of rotatable bonds is 9. The highest BCUT2D eigenvalue weighted by atomic mass is 16.6. The molecule has 0 atom stereocenters. The zero-order valence-electron chi connectivity index (χ0n) is 12.6. The first-order valence-corrected chi connectivity index (χ1v) is 7.40. The highest BCUT2D eigenvalue weighted by Crippen LogP contribution is 2.25. The van der Waals surface area contributed by atoms with E-state index in [2.05, 4.69) is 17.6 Å². The third kappa shape index (κ3) is 5.41. The first-order valence-electron chi connectivity index (χ1n) is 7.40. The lowest BCUT2D eigenvalue weighted by atomic mass is 10.1. The molecule has 0 aromatic heterocycles. The van der Waals surface area contributed by atoms with Crippen LogP contribution in [0.3, 0.4) is 0 Å². The van der Waals surface area contributed by atoms with Gasteiger partial charge in [0.1, 0.15) is 5.69 Å². The molecule has 1 aromatic rings. The van der Waals surface area contributed by atoms with Crippen LogP contribution >= 0.6 is 0 Å². The lowest BCUT2D eigenvalue weighted by molar-refractivity contribution is -0.384. The number of hydrogen-bond donors (Lipinski definition) is 2. The number of nitro benzene ring substituents is 1. The molecule has 0 spiro atoms. The van der Waals surface area contributed by atoms with E-state index in [9.17, 15) is 14.9 Å². The van der Waals surface area contributed by atoms with E-state index in [0.717, 1.165) is 25.7 Å². The third-order valence-corrected chi connectivity index (χ3v) is 3.14. The molecule has 0 fully saturated rings. The molecule has 0 radical (unpaired) electrons. The summed E-state index contributed by atoms with van der Waals surface area (Å²) >= 11 is 0. The normalized spacial score (nSPS) is 10.2. The summed E-state index contributed by atoms with van der Waals surface area (Å²) in [4.78, 5) is 22.5. The molecule has 2 N–H and O–H groups in total. The second kappa shape index (κ2) is 8.94. The van der Waals surface area contributed by atoms with Gasteiger partial charge in [0.05, 0.1) is 4.92 Å². The molecule has 21 heavy (non-hydrogen) atoms. The smallest absolute Gasteiger partial charge is 0.292 e. The fourth-order valence-corrected chi connectivity index (χ4v) is 2.02. The van der Waals surface area contributed by atoms with Crippen LogP contribution < -0.4 is 10.6 Å². The zero-order valence-corrected chi connectivity index (χ0v) is 12.6. The van der Waals surface area contributed by atoms with E-state index in [4.69, 9.17) is 0 Å². The quantitative estimate of drug-likeness (QED) is 0.415. The topological polar surface area (TPSA) is 84.3 Å². The monoisotopic (exact) mass is 293 g/mol. The summed E-state index contributed by atoms with van der Waals surface area (Å²) in [5.41, 5.74) is 0.796. The molecule has 0 aliphatic carbocycles. The minimum atomic E-state index is -0.454. The van der Waals surface area contributed by atoms with E-state index in [-0.39, 0.29) is 11.6 Å². The maximum Gasteiger partial charge on any atom is 0.292 e. The van der Waals surface area contributed by atoms with Crippen molar-refractivity contribution in [3.8, 4) is 0 Å². The summed E-state index contributed by atoms with van der Waals surface area (Å²) < 4.78 is 0. The van der Waals surface area contributed by atoms with Gasteiger partial charge in [-0.1, -0.05) is 26.2 Å². The molecule has 0 saturated carbocycles. The van der Waals surface area contributed by atoms with Crippen LogP contribution in [0.4, 0.5) is 11.4 Å². The van der Waals surface area contributed by atoms with Crippen molar-refractivity contribution in [1.82, 2.24) is 5.32 Å². The van der Waals surface area contributed by atoms with E-state index in [0.29, 0.717) is 24.3 Å². The van der Waals surface area contributed by atoms with Crippen molar-refractivity contribution < 1.29 is 9.72 Å². The van der Waals surface area contributed by atoms with E-state index < -0.39 is 4.92 Å². The van der Waals surface area contributed by atoms with E-state index in [1.165, 1.54) is 18.2 Å². The standard InChI is InChI=1S/C15H23N3O3/c1-3-5-6-7-10-17-15(19)12-8-9-14(18(20)21)13(11-12)16-4-2/h8-9,11,16H,3-7,10H2,1-2H3,(H,17,19). The predicted molar refractivity (Wildman–Crippen MR) is 83.7 cm³/mol. The average molecular weight is 293 g/mol. The molecule has 0 heterocycles. The van der Waals surface area contributed by atoms with Crippen LogP contribution in [0, 0.1) is 10.1 Å². The number of unbranched alkanes of at least 4 members (excludes halogenated alkanes) is 3. The van der Waals surface area contributed by atoms with Gasteiger partial charge in [-0.05, 0) is 25.5 Å². The van der Waals surface area contributed by atoms with Gasteiger partial charge < -0.3 is 10.6 Å². The Hall–Kier alpha value is -2.11. The SMILES string of the molecule is CCCCCCNC(=O)c1ccc([N+](=O)[O-])c(NCC)c1. The third-order valence-electron chi connectivity index (χ3n) is 3.14. The predicted octanol–water partition coefficient (Wildman–Crippen LogP) is 3.34. The summed E-state index contributed by atoms with van der Waals surface area (Å²) in [5, 5.41) is 16.7. The average Bonchev–Trinajstić information content (AvgIpc) is 2.47. The Balaban J connectivity index is 2.67. The number of carbonyl (C=O) groups is 1. The van der Waals surface area contributed by atoms with Crippen LogP contribution in [0.2, 0.25) is 0 Å². The van der Waals surface area contributed by atoms with Crippen molar-refractivity contribution in [1.29, 1.82) is 0 Å². The van der Waals surface area contributed by atoms with Crippen LogP contribution in [-0.2, 0) is 0 Å². The number of amides is 1. The van der Waals surface area contributed by atoms with Gasteiger partial charge in [-0.3, -0.25) is 14.9 Å². The van der Waals surface area contributed by atoms with Crippen molar-refractivity contribution >= 4 is 17.3 Å². The molecule has 0 aliphatic rings. The van der Waals surface area contributed by atoms with Gasteiger partial charge in [-0.2, -0.15) is 0 Å². The van der Waals surface area contributed by atoms with Gasteiger partial charge in [0.2, 0.25) is 0 Å². The second-order valence-corrected chi connectivity index (χ2v) is 4.84. The van der Waals surface area contributed by atoms with Crippen LogP contribution in [0.25, 0.3) is 0 Å². The van der Waals surface area contributed by atoms with Crippen molar-refractivity contribution in [3.05, 3.63) is 33.9 Å². The Morgan fingerprint density at radius 1 is 1.24 bits per heavy atom. The molecule has 1 amide bonds. The van der Waals surface area contributed by atoms with Gasteiger partial charge >= 0.3 is 0 Å². The maximum absolute atomic E-state index is 12.0. The van der Waals surface area contributed by atoms with Gasteiger partial charge in [-0.25, -0.2) is 0 Å². The fraction of sp³-hybridized carbons (Fsp3) is 0.533. The molecule has 0 saturated heterocycles. The molecular weight excluding hydrogens is 270 g/mol. The lowest BCUT2D eigenvalue weighted by Crippen LogP contribution is -2.24. The van der Waals surface area contributed by atoms with Crippen LogP contribution in [0.1, 0.15) is 49.9 Å². The highest BCUT2D eigenvalue weighted by molar-refractivity contribution is 5.95. The molecule has 1 aromatic carbocycles. The van der Waals surface area contributed by atoms with Gasteiger partial charge in [0.25, 0.3) is 11.6 Å². The number of anilines is 1. The number of nitro groups is 1. The first kappa shape index (κ1) is 16.9. The Morgan fingerprint density at radius 3 is 2.62 bits per heavy atom. The lowest BCUT2D eigenvalue weighted by Gasteiger charge is -2.08. The molecule has 116 valence electrons. The fourth-order valence-electron chi connectivity index (χ4n) is 2.02. The Labute approximate surface area is 125 Å². The number of nitrogens with zero attached hydrogens (tertiary/aromatic N) is 1. The number of hydrogen-bond acceptors (Lipinski definition) is 4. The first-order chi connectivity index (χ1) is 10.1. The van der Waals surface area contributed by atoms with Gasteiger partial charge in [0.15, 0.2) is 0 Å². The summed E-state index contributed by atoms with van der Waals surface area (Å²) in [6.07, 6.45) is 4.37. The van der Waals surface area contributed by atoms with Crippen LogP contribution in [0.5, 0.6) is 0 Å². The summed E-state index contributed by atoms with van der Waals surface area (Å²) in [7, 11) is 0. The summed E-state index contributed by atoms with van der Waals surface area (Å²) in [6, 6.07) is 4.38. The van der Waals surface area contributed by atoms with Gasteiger partial charge in [-0.15, -0.1) is 0 Å². The number of carbonyl (C=O) groups excluding carboxylic acids is 1. The van der Waals surface area contributed by atoms with Crippen molar-refractivity contribution in [2.24, 2.45) is 0 Å². The Bertz CT molecular complexity index is 489. The molecule has 0 bridgehead atoms.